The Morgan fingerprint density at radius 3 is 2.91 bits per heavy atom. The number of nitrogens with zero attached hydrogens (tertiary/aromatic N) is 3. The first-order valence-electron chi connectivity index (χ1n) is 7.24. The third kappa shape index (κ3) is 3.79. The summed E-state index contributed by atoms with van der Waals surface area (Å²) < 4.78 is 7.06. The molecule has 1 aromatic carbocycles. The molecule has 1 N–H and O–H groups in total. The highest BCUT2D eigenvalue weighted by Crippen LogP contribution is 2.39. The Hall–Kier alpha value is -1.73. The minimum Gasteiger partial charge on any atom is -0.495 e. The van der Waals surface area contributed by atoms with Crippen molar-refractivity contribution in [3.63, 3.8) is 0 Å². The van der Waals surface area contributed by atoms with Crippen LogP contribution in [0.15, 0.2) is 23.4 Å². The van der Waals surface area contributed by atoms with E-state index in [0.29, 0.717) is 22.4 Å². The number of anilines is 1. The Morgan fingerprint density at radius 2 is 2.26 bits per heavy atom. The van der Waals surface area contributed by atoms with E-state index < -0.39 is 0 Å². The summed E-state index contributed by atoms with van der Waals surface area (Å²) >= 11 is 7.41. The van der Waals surface area contributed by atoms with Crippen molar-refractivity contribution in [1.82, 2.24) is 14.8 Å². The third-order valence-electron chi connectivity index (χ3n) is 3.58. The summed E-state index contributed by atoms with van der Waals surface area (Å²) in [4.78, 5) is 12.1. The number of thioether (sulfide) groups is 1. The zero-order valence-electron chi connectivity index (χ0n) is 12.9. The molecule has 0 saturated heterocycles. The molecule has 1 aliphatic rings. The minimum atomic E-state index is -0.118. The number of ether oxygens (including phenoxy) is 1. The van der Waals surface area contributed by atoms with E-state index in [-0.39, 0.29) is 11.7 Å². The highest BCUT2D eigenvalue weighted by Gasteiger charge is 2.29. The molecular weight excluding hydrogens is 336 g/mol. The molecule has 8 heteroatoms. The van der Waals surface area contributed by atoms with Gasteiger partial charge in [0.1, 0.15) is 11.6 Å². The van der Waals surface area contributed by atoms with Gasteiger partial charge in [0.2, 0.25) is 5.91 Å². The smallest absolute Gasteiger partial charge is 0.234 e. The number of hydrogen-bond acceptors (Lipinski definition) is 5. The zero-order chi connectivity index (χ0) is 16.4. The van der Waals surface area contributed by atoms with E-state index >= 15 is 0 Å². The summed E-state index contributed by atoms with van der Waals surface area (Å²) in [5, 5.41) is 12.4. The predicted octanol–water partition coefficient (Wildman–Crippen LogP) is 3.09. The minimum absolute atomic E-state index is 0.118. The van der Waals surface area contributed by atoms with Crippen molar-refractivity contribution >= 4 is 35.0 Å². The van der Waals surface area contributed by atoms with Gasteiger partial charge in [0, 0.05) is 18.7 Å². The Morgan fingerprint density at radius 1 is 1.48 bits per heavy atom. The van der Waals surface area contributed by atoms with Gasteiger partial charge in [0.25, 0.3) is 0 Å². The topological polar surface area (TPSA) is 69.0 Å². The quantitative estimate of drug-likeness (QED) is 0.809. The molecule has 1 saturated carbocycles. The van der Waals surface area contributed by atoms with Gasteiger partial charge in [-0.3, -0.25) is 4.79 Å². The molecule has 0 unspecified atom stereocenters. The molecule has 23 heavy (non-hydrogen) atoms. The SMILES string of the molecule is COc1ccc(NC(=O)CSc2nnc(C3CC3)n2C)cc1Cl. The Kier molecular flexibility index (Phi) is 4.77. The number of methoxy groups -OCH3 is 1. The first kappa shape index (κ1) is 16.1. The van der Waals surface area contributed by atoms with Crippen LogP contribution in [0.2, 0.25) is 5.02 Å². The second-order valence-corrected chi connectivity index (χ2v) is 6.71. The predicted molar refractivity (Wildman–Crippen MR) is 90.3 cm³/mol. The summed E-state index contributed by atoms with van der Waals surface area (Å²) in [5.41, 5.74) is 0.637. The van der Waals surface area contributed by atoms with Crippen LogP contribution in [0.25, 0.3) is 0 Å². The van der Waals surface area contributed by atoms with E-state index in [9.17, 15) is 4.79 Å². The van der Waals surface area contributed by atoms with Gasteiger partial charge in [0.15, 0.2) is 5.16 Å². The Bertz CT molecular complexity index is 730. The monoisotopic (exact) mass is 352 g/mol. The highest BCUT2D eigenvalue weighted by molar-refractivity contribution is 7.99. The lowest BCUT2D eigenvalue weighted by molar-refractivity contribution is -0.113. The summed E-state index contributed by atoms with van der Waals surface area (Å²) in [6, 6.07) is 5.13. The molecule has 0 aliphatic heterocycles. The molecule has 3 rings (SSSR count). The largest absolute Gasteiger partial charge is 0.495 e. The summed E-state index contributed by atoms with van der Waals surface area (Å²) in [6.07, 6.45) is 2.35. The fraction of sp³-hybridized carbons (Fsp3) is 0.400. The number of aromatic nitrogens is 3. The van der Waals surface area contributed by atoms with Crippen molar-refractivity contribution in [2.24, 2.45) is 7.05 Å². The number of halogens is 1. The number of carbonyl (C=O) groups excluding carboxylic acids is 1. The van der Waals surface area contributed by atoms with E-state index in [1.54, 1.807) is 25.3 Å². The van der Waals surface area contributed by atoms with Crippen LogP contribution >= 0.6 is 23.4 Å². The van der Waals surface area contributed by atoms with E-state index in [4.69, 9.17) is 16.3 Å². The maximum atomic E-state index is 12.1. The number of hydrogen-bond donors (Lipinski definition) is 1. The lowest BCUT2D eigenvalue weighted by atomic mass is 10.3. The lowest BCUT2D eigenvalue weighted by Gasteiger charge is -2.08. The summed E-state index contributed by atoms with van der Waals surface area (Å²) in [6.45, 7) is 0. The van der Waals surface area contributed by atoms with Gasteiger partial charge < -0.3 is 14.6 Å². The van der Waals surface area contributed by atoms with E-state index in [0.717, 1.165) is 11.0 Å². The number of nitrogens with one attached hydrogen (secondary N) is 1. The van der Waals surface area contributed by atoms with Gasteiger partial charge in [-0.25, -0.2) is 0 Å². The fourth-order valence-electron chi connectivity index (χ4n) is 2.22. The average Bonchev–Trinajstić information content (AvgIpc) is 3.29. The van der Waals surface area contributed by atoms with E-state index in [1.807, 2.05) is 11.6 Å². The first-order chi connectivity index (χ1) is 11.1. The molecular formula is C15H17ClN4O2S. The molecule has 1 aliphatic carbocycles. The van der Waals surface area contributed by atoms with Crippen LogP contribution < -0.4 is 10.1 Å². The summed E-state index contributed by atoms with van der Waals surface area (Å²) in [5.74, 6) is 2.27. The number of carbonyl (C=O) groups is 1. The van der Waals surface area contributed by atoms with E-state index in [2.05, 4.69) is 15.5 Å². The van der Waals surface area contributed by atoms with Crippen LogP contribution in [0.1, 0.15) is 24.6 Å². The molecule has 0 atom stereocenters. The summed E-state index contributed by atoms with van der Waals surface area (Å²) in [7, 11) is 3.49. The molecule has 1 amide bonds. The van der Waals surface area contributed by atoms with Crippen molar-refractivity contribution in [3.8, 4) is 5.75 Å². The molecule has 122 valence electrons. The van der Waals surface area contributed by atoms with Crippen LogP contribution in [0.5, 0.6) is 5.75 Å². The highest BCUT2D eigenvalue weighted by atomic mass is 35.5. The number of benzene rings is 1. The Balaban J connectivity index is 1.56. The lowest BCUT2D eigenvalue weighted by Crippen LogP contribution is -2.14. The van der Waals surface area contributed by atoms with Crippen LogP contribution in [0, 0.1) is 0 Å². The van der Waals surface area contributed by atoms with Crippen molar-refractivity contribution < 1.29 is 9.53 Å². The van der Waals surface area contributed by atoms with Crippen molar-refractivity contribution in [3.05, 3.63) is 29.0 Å². The third-order valence-corrected chi connectivity index (χ3v) is 4.89. The van der Waals surface area contributed by atoms with Crippen molar-refractivity contribution in [2.75, 3.05) is 18.2 Å². The molecule has 1 heterocycles. The molecule has 0 radical (unpaired) electrons. The average molecular weight is 353 g/mol. The molecule has 1 fully saturated rings. The molecule has 1 aromatic heterocycles. The normalized spacial score (nSPS) is 13.9. The van der Waals surface area contributed by atoms with Gasteiger partial charge in [-0.1, -0.05) is 23.4 Å². The van der Waals surface area contributed by atoms with Crippen LogP contribution in [-0.2, 0) is 11.8 Å². The Labute approximate surface area is 143 Å². The first-order valence-corrected chi connectivity index (χ1v) is 8.60. The molecule has 6 nitrogen and oxygen atoms in total. The van der Waals surface area contributed by atoms with E-state index in [1.165, 1.54) is 24.6 Å². The second kappa shape index (κ2) is 6.80. The molecule has 0 bridgehead atoms. The van der Waals surface area contributed by atoms with Crippen molar-refractivity contribution in [1.29, 1.82) is 0 Å². The molecule has 0 spiro atoms. The van der Waals surface area contributed by atoms with Gasteiger partial charge in [-0.2, -0.15) is 0 Å². The molecule has 2 aromatic rings. The van der Waals surface area contributed by atoms with Gasteiger partial charge >= 0.3 is 0 Å². The van der Waals surface area contributed by atoms with Crippen molar-refractivity contribution in [2.45, 2.75) is 23.9 Å². The zero-order valence-corrected chi connectivity index (χ0v) is 14.4. The fourth-order valence-corrected chi connectivity index (χ4v) is 3.20. The van der Waals surface area contributed by atoms with Crippen LogP contribution in [-0.4, -0.2) is 33.5 Å². The number of rotatable bonds is 6. The van der Waals surface area contributed by atoms with Crippen LogP contribution in [0.3, 0.4) is 0 Å². The van der Waals surface area contributed by atoms with Crippen LogP contribution in [0.4, 0.5) is 5.69 Å². The second-order valence-electron chi connectivity index (χ2n) is 5.36. The van der Waals surface area contributed by atoms with Gasteiger partial charge in [-0.05, 0) is 31.0 Å². The van der Waals surface area contributed by atoms with Gasteiger partial charge in [-0.15, -0.1) is 10.2 Å². The maximum Gasteiger partial charge on any atom is 0.234 e. The standard InChI is InChI=1S/C15H17ClN4O2S/c1-20-14(9-3-4-9)18-19-15(20)23-8-13(21)17-10-5-6-12(22-2)11(16)7-10/h5-7,9H,3-4,8H2,1-2H3,(H,17,21). The maximum absolute atomic E-state index is 12.1. The number of amides is 1. The van der Waals surface area contributed by atoms with Gasteiger partial charge in [0.05, 0.1) is 17.9 Å².